The standard InChI is InChI=1S/C15H26N2S/c1-11(2)13-6-4-5-7-14(13)16-9-8-15-17-12(3)10-18-15/h10-11,13-14,16H,4-9H2,1-3H3. The van der Waals surface area contributed by atoms with E-state index in [-0.39, 0.29) is 0 Å². The Labute approximate surface area is 115 Å². The predicted molar refractivity (Wildman–Crippen MR) is 79.1 cm³/mol. The lowest BCUT2D eigenvalue weighted by Crippen LogP contribution is -2.41. The van der Waals surface area contributed by atoms with E-state index in [4.69, 9.17) is 0 Å². The minimum absolute atomic E-state index is 0.736. The van der Waals surface area contributed by atoms with Crippen LogP contribution in [0.3, 0.4) is 0 Å². The van der Waals surface area contributed by atoms with Crippen LogP contribution in [0.15, 0.2) is 5.38 Å². The summed E-state index contributed by atoms with van der Waals surface area (Å²) in [7, 11) is 0. The van der Waals surface area contributed by atoms with Crippen LogP contribution in [0.5, 0.6) is 0 Å². The zero-order chi connectivity index (χ0) is 13.0. The highest BCUT2D eigenvalue weighted by molar-refractivity contribution is 7.09. The summed E-state index contributed by atoms with van der Waals surface area (Å²) in [5.74, 6) is 1.68. The van der Waals surface area contributed by atoms with Crippen LogP contribution in [0, 0.1) is 18.8 Å². The highest BCUT2D eigenvalue weighted by Gasteiger charge is 2.26. The van der Waals surface area contributed by atoms with Crippen molar-refractivity contribution in [2.75, 3.05) is 6.54 Å². The van der Waals surface area contributed by atoms with E-state index in [1.807, 2.05) is 0 Å². The highest BCUT2D eigenvalue weighted by Crippen LogP contribution is 2.30. The average molecular weight is 266 g/mol. The Morgan fingerprint density at radius 2 is 2.17 bits per heavy atom. The van der Waals surface area contributed by atoms with Gasteiger partial charge in [-0.25, -0.2) is 4.98 Å². The number of aromatic nitrogens is 1. The summed E-state index contributed by atoms with van der Waals surface area (Å²) in [5, 5.41) is 7.20. The largest absolute Gasteiger partial charge is 0.313 e. The van der Waals surface area contributed by atoms with E-state index in [0.29, 0.717) is 0 Å². The monoisotopic (exact) mass is 266 g/mol. The summed E-state index contributed by atoms with van der Waals surface area (Å²) in [5.41, 5.74) is 1.16. The van der Waals surface area contributed by atoms with Crippen LogP contribution in [0.4, 0.5) is 0 Å². The van der Waals surface area contributed by atoms with Gasteiger partial charge in [0.1, 0.15) is 0 Å². The number of hydrogen-bond acceptors (Lipinski definition) is 3. The molecule has 1 aromatic rings. The Bertz CT molecular complexity index is 359. The summed E-state index contributed by atoms with van der Waals surface area (Å²) >= 11 is 1.79. The van der Waals surface area contributed by atoms with Gasteiger partial charge in [0.2, 0.25) is 0 Å². The van der Waals surface area contributed by atoms with E-state index in [2.05, 4.69) is 36.5 Å². The lowest BCUT2D eigenvalue weighted by Gasteiger charge is -2.35. The number of nitrogens with one attached hydrogen (secondary N) is 1. The summed E-state index contributed by atoms with van der Waals surface area (Å²) in [6, 6.07) is 0.736. The fourth-order valence-corrected chi connectivity index (χ4v) is 3.87. The first-order chi connectivity index (χ1) is 8.66. The Morgan fingerprint density at radius 1 is 1.39 bits per heavy atom. The molecule has 0 saturated heterocycles. The molecular formula is C15H26N2S. The van der Waals surface area contributed by atoms with Crippen molar-refractivity contribution in [3.05, 3.63) is 16.1 Å². The quantitative estimate of drug-likeness (QED) is 0.877. The molecule has 0 aliphatic heterocycles. The smallest absolute Gasteiger partial charge is 0.0940 e. The molecule has 2 unspecified atom stereocenters. The molecular weight excluding hydrogens is 240 g/mol. The molecule has 0 bridgehead atoms. The first-order valence-corrected chi connectivity index (χ1v) is 8.19. The highest BCUT2D eigenvalue weighted by atomic mass is 32.1. The van der Waals surface area contributed by atoms with Crippen molar-refractivity contribution in [1.29, 1.82) is 0 Å². The Balaban J connectivity index is 1.77. The van der Waals surface area contributed by atoms with Gasteiger partial charge in [-0.3, -0.25) is 0 Å². The maximum atomic E-state index is 4.53. The molecule has 1 heterocycles. The maximum Gasteiger partial charge on any atom is 0.0940 e. The Kier molecular flexibility index (Phi) is 5.19. The van der Waals surface area contributed by atoms with Crippen LogP contribution in [-0.2, 0) is 6.42 Å². The van der Waals surface area contributed by atoms with Gasteiger partial charge in [0.25, 0.3) is 0 Å². The molecule has 1 aliphatic carbocycles. The van der Waals surface area contributed by atoms with E-state index in [1.54, 1.807) is 11.3 Å². The molecule has 1 saturated carbocycles. The van der Waals surface area contributed by atoms with Gasteiger partial charge in [0, 0.05) is 30.1 Å². The van der Waals surface area contributed by atoms with Gasteiger partial charge < -0.3 is 5.32 Å². The molecule has 0 radical (unpaired) electrons. The third-order valence-corrected chi connectivity index (χ3v) is 5.11. The number of rotatable bonds is 5. The molecule has 1 fully saturated rings. The van der Waals surface area contributed by atoms with Gasteiger partial charge in [-0.1, -0.05) is 26.7 Å². The third-order valence-electron chi connectivity index (χ3n) is 4.09. The second kappa shape index (κ2) is 6.67. The topological polar surface area (TPSA) is 24.9 Å². The molecule has 0 aromatic carbocycles. The van der Waals surface area contributed by atoms with Crippen molar-refractivity contribution in [1.82, 2.24) is 10.3 Å². The molecule has 18 heavy (non-hydrogen) atoms. The summed E-state index contributed by atoms with van der Waals surface area (Å²) in [6.45, 7) is 7.90. The molecule has 1 aliphatic rings. The van der Waals surface area contributed by atoms with Crippen LogP contribution in [0.2, 0.25) is 0 Å². The van der Waals surface area contributed by atoms with Gasteiger partial charge in [-0.15, -0.1) is 11.3 Å². The second-order valence-corrected chi connectivity index (χ2v) is 6.83. The molecule has 3 heteroatoms. The minimum atomic E-state index is 0.736. The lowest BCUT2D eigenvalue weighted by atomic mass is 9.78. The molecule has 0 spiro atoms. The van der Waals surface area contributed by atoms with E-state index in [9.17, 15) is 0 Å². The van der Waals surface area contributed by atoms with Crippen LogP contribution < -0.4 is 5.32 Å². The third kappa shape index (κ3) is 3.79. The summed E-state index contributed by atoms with van der Waals surface area (Å²) in [6.07, 6.45) is 6.68. The molecule has 0 amide bonds. The maximum absolute atomic E-state index is 4.53. The molecule has 1 N–H and O–H groups in total. The summed E-state index contributed by atoms with van der Waals surface area (Å²) in [4.78, 5) is 4.53. The van der Waals surface area contributed by atoms with Crippen molar-refractivity contribution >= 4 is 11.3 Å². The number of thiazole rings is 1. The fourth-order valence-electron chi connectivity index (χ4n) is 3.09. The van der Waals surface area contributed by atoms with Crippen molar-refractivity contribution in [3.8, 4) is 0 Å². The Hall–Kier alpha value is -0.410. The van der Waals surface area contributed by atoms with Crippen molar-refractivity contribution in [3.63, 3.8) is 0 Å². The number of hydrogen-bond donors (Lipinski definition) is 1. The van der Waals surface area contributed by atoms with Crippen molar-refractivity contribution in [2.45, 2.75) is 58.9 Å². The van der Waals surface area contributed by atoms with Crippen LogP contribution >= 0.6 is 11.3 Å². The fraction of sp³-hybridized carbons (Fsp3) is 0.800. The van der Waals surface area contributed by atoms with Crippen LogP contribution in [0.25, 0.3) is 0 Å². The van der Waals surface area contributed by atoms with Gasteiger partial charge in [0.15, 0.2) is 0 Å². The predicted octanol–water partition coefficient (Wildman–Crippen LogP) is 3.80. The molecule has 1 aromatic heterocycles. The first kappa shape index (κ1) is 14.0. The zero-order valence-electron chi connectivity index (χ0n) is 11.9. The van der Waals surface area contributed by atoms with E-state index < -0.39 is 0 Å². The molecule has 2 atom stereocenters. The Morgan fingerprint density at radius 3 is 2.83 bits per heavy atom. The SMILES string of the molecule is Cc1csc(CCNC2CCCCC2C(C)C)n1. The number of aryl methyl sites for hydroxylation is 1. The minimum Gasteiger partial charge on any atom is -0.313 e. The van der Waals surface area contributed by atoms with E-state index >= 15 is 0 Å². The van der Waals surface area contributed by atoms with Crippen LogP contribution in [-0.4, -0.2) is 17.6 Å². The molecule has 2 nitrogen and oxygen atoms in total. The van der Waals surface area contributed by atoms with Gasteiger partial charge in [-0.2, -0.15) is 0 Å². The summed E-state index contributed by atoms with van der Waals surface area (Å²) < 4.78 is 0. The average Bonchev–Trinajstić information content (AvgIpc) is 2.75. The molecule has 102 valence electrons. The van der Waals surface area contributed by atoms with Gasteiger partial charge in [0.05, 0.1) is 5.01 Å². The molecule has 2 rings (SSSR count). The zero-order valence-corrected chi connectivity index (χ0v) is 12.7. The van der Waals surface area contributed by atoms with Gasteiger partial charge >= 0.3 is 0 Å². The lowest BCUT2D eigenvalue weighted by molar-refractivity contribution is 0.207. The van der Waals surface area contributed by atoms with Crippen molar-refractivity contribution in [2.24, 2.45) is 11.8 Å². The second-order valence-electron chi connectivity index (χ2n) is 5.89. The normalized spacial score (nSPS) is 24.7. The van der Waals surface area contributed by atoms with E-state index in [0.717, 1.165) is 36.5 Å². The number of nitrogens with zero attached hydrogens (tertiary/aromatic N) is 1. The van der Waals surface area contributed by atoms with Crippen molar-refractivity contribution < 1.29 is 0 Å². The van der Waals surface area contributed by atoms with Gasteiger partial charge in [-0.05, 0) is 31.6 Å². The van der Waals surface area contributed by atoms with E-state index in [1.165, 1.54) is 30.7 Å². The van der Waals surface area contributed by atoms with Crippen LogP contribution in [0.1, 0.15) is 50.2 Å². The first-order valence-electron chi connectivity index (χ1n) is 7.31.